The SMILES string of the molecule is CC[C@H]1C[C@](C)(C(C)=O)C1. The van der Waals surface area contributed by atoms with Crippen molar-refractivity contribution in [3.05, 3.63) is 0 Å². The average molecular weight is 140 g/mol. The van der Waals surface area contributed by atoms with E-state index in [1.165, 1.54) is 6.42 Å². The highest BCUT2D eigenvalue weighted by atomic mass is 16.1. The van der Waals surface area contributed by atoms with Gasteiger partial charge in [0.15, 0.2) is 0 Å². The summed E-state index contributed by atoms with van der Waals surface area (Å²) in [5.41, 5.74) is 0.0562. The van der Waals surface area contributed by atoms with Crippen LogP contribution in [-0.2, 0) is 4.79 Å². The first kappa shape index (κ1) is 7.77. The van der Waals surface area contributed by atoms with Crippen LogP contribution in [0.15, 0.2) is 0 Å². The summed E-state index contributed by atoms with van der Waals surface area (Å²) in [7, 11) is 0. The van der Waals surface area contributed by atoms with Crippen molar-refractivity contribution < 1.29 is 4.79 Å². The van der Waals surface area contributed by atoms with Gasteiger partial charge in [0, 0.05) is 5.41 Å². The lowest BCUT2D eigenvalue weighted by Crippen LogP contribution is -2.39. The van der Waals surface area contributed by atoms with Gasteiger partial charge in [-0.25, -0.2) is 0 Å². The van der Waals surface area contributed by atoms with Gasteiger partial charge in [-0.3, -0.25) is 4.79 Å². The first-order valence-corrected chi connectivity index (χ1v) is 4.09. The van der Waals surface area contributed by atoms with E-state index in [0.29, 0.717) is 5.78 Å². The quantitative estimate of drug-likeness (QED) is 0.575. The van der Waals surface area contributed by atoms with Gasteiger partial charge in [-0.1, -0.05) is 20.3 Å². The standard InChI is InChI=1S/C9H16O/c1-4-8-5-9(3,6-8)7(2)10/h8H,4-6H2,1-3H3/t8-,9-. The van der Waals surface area contributed by atoms with Crippen molar-refractivity contribution in [3.63, 3.8) is 0 Å². The maximum Gasteiger partial charge on any atom is 0.135 e. The van der Waals surface area contributed by atoms with E-state index in [-0.39, 0.29) is 5.41 Å². The van der Waals surface area contributed by atoms with E-state index in [0.717, 1.165) is 18.8 Å². The van der Waals surface area contributed by atoms with Crippen LogP contribution in [0.3, 0.4) is 0 Å². The van der Waals surface area contributed by atoms with Crippen LogP contribution in [0.4, 0.5) is 0 Å². The largest absolute Gasteiger partial charge is 0.299 e. The van der Waals surface area contributed by atoms with Crippen LogP contribution >= 0.6 is 0 Å². The molecule has 0 amide bonds. The van der Waals surface area contributed by atoms with E-state index >= 15 is 0 Å². The van der Waals surface area contributed by atoms with Crippen LogP contribution in [0.25, 0.3) is 0 Å². The van der Waals surface area contributed by atoms with Crippen LogP contribution in [0.2, 0.25) is 0 Å². The monoisotopic (exact) mass is 140 g/mol. The molecule has 0 saturated heterocycles. The molecule has 0 aromatic rings. The molecule has 1 nitrogen and oxygen atoms in total. The first-order chi connectivity index (χ1) is 4.58. The van der Waals surface area contributed by atoms with Gasteiger partial charge in [0.1, 0.15) is 5.78 Å². The zero-order valence-corrected chi connectivity index (χ0v) is 7.11. The fourth-order valence-electron chi connectivity index (χ4n) is 1.79. The van der Waals surface area contributed by atoms with E-state index in [9.17, 15) is 4.79 Å². The van der Waals surface area contributed by atoms with E-state index in [2.05, 4.69) is 13.8 Å². The summed E-state index contributed by atoms with van der Waals surface area (Å²) in [6, 6.07) is 0. The van der Waals surface area contributed by atoms with Gasteiger partial charge in [0.25, 0.3) is 0 Å². The highest BCUT2D eigenvalue weighted by molar-refractivity contribution is 5.82. The topological polar surface area (TPSA) is 17.1 Å². The van der Waals surface area contributed by atoms with E-state index in [4.69, 9.17) is 0 Å². The summed E-state index contributed by atoms with van der Waals surface area (Å²) in [5, 5.41) is 0. The Morgan fingerprint density at radius 2 is 2.10 bits per heavy atom. The summed E-state index contributed by atoms with van der Waals surface area (Å²) < 4.78 is 0. The average Bonchev–Trinajstić information content (AvgIpc) is 1.80. The maximum atomic E-state index is 11.0. The minimum Gasteiger partial charge on any atom is -0.299 e. The fraction of sp³-hybridized carbons (Fsp3) is 0.889. The lowest BCUT2D eigenvalue weighted by molar-refractivity contribution is -0.133. The molecular formula is C9H16O. The Labute approximate surface area is 62.8 Å². The van der Waals surface area contributed by atoms with Gasteiger partial charge in [0.05, 0.1) is 0 Å². The third kappa shape index (κ3) is 1.09. The molecule has 0 unspecified atom stereocenters. The van der Waals surface area contributed by atoms with Gasteiger partial charge < -0.3 is 0 Å². The van der Waals surface area contributed by atoms with Crippen molar-refractivity contribution in [1.29, 1.82) is 0 Å². The van der Waals surface area contributed by atoms with Crippen LogP contribution in [0.1, 0.15) is 40.0 Å². The second-order valence-electron chi connectivity index (χ2n) is 3.80. The number of carbonyl (C=O) groups is 1. The van der Waals surface area contributed by atoms with Gasteiger partial charge in [-0.15, -0.1) is 0 Å². The summed E-state index contributed by atoms with van der Waals surface area (Å²) >= 11 is 0. The molecule has 0 aromatic carbocycles. The molecule has 0 aromatic heterocycles. The normalized spacial score (nSPS) is 38.9. The molecule has 1 aliphatic rings. The van der Waals surface area contributed by atoms with E-state index < -0.39 is 0 Å². The molecule has 0 radical (unpaired) electrons. The van der Waals surface area contributed by atoms with Gasteiger partial charge in [-0.2, -0.15) is 0 Å². The van der Waals surface area contributed by atoms with Crippen molar-refractivity contribution in [2.24, 2.45) is 11.3 Å². The van der Waals surface area contributed by atoms with Crippen molar-refractivity contribution in [2.45, 2.75) is 40.0 Å². The first-order valence-electron chi connectivity index (χ1n) is 4.09. The Morgan fingerprint density at radius 1 is 1.60 bits per heavy atom. The smallest absolute Gasteiger partial charge is 0.135 e. The Bertz CT molecular complexity index is 143. The highest BCUT2D eigenvalue weighted by Crippen LogP contribution is 2.47. The van der Waals surface area contributed by atoms with Crippen LogP contribution in [-0.4, -0.2) is 5.78 Å². The summed E-state index contributed by atoms with van der Waals surface area (Å²) in [4.78, 5) is 11.0. The zero-order chi connectivity index (χ0) is 7.78. The summed E-state index contributed by atoms with van der Waals surface area (Å²) in [6.07, 6.45) is 3.49. The lowest BCUT2D eigenvalue weighted by atomic mass is 9.60. The molecule has 58 valence electrons. The minimum absolute atomic E-state index is 0.0562. The van der Waals surface area contributed by atoms with Crippen LogP contribution in [0, 0.1) is 11.3 Å². The number of ketones is 1. The zero-order valence-electron chi connectivity index (χ0n) is 7.11. The fourth-order valence-corrected chi connectivity index (χ4v) is 1.79. The number of Topliss-reactive ketones (excluding diaryl/α,β-unsaturated/α-hetero) is 1. The molecule has 1 rings (SSSR count). The van der Waals surface area contributed by atoms with Crippen molar-refractivity contribution in [1.82, 2.24) is 0 Å². The molecule has 0 heterocycles. The van der Waals surface area contributed by atoms with E-state index in [1.54, 1.807) is 6.92 Å². The molecule has 0 aliphatic heterocycles. The molecule has 1 heteroatoms. The second kappa shape index (κ2) is 2.37. The van der Waals surface area contributed by atoms with E-state index in [1.807, 2.05) is 0 Å². The predicted molar refractivity (Wildman–Crippen MR) is 41.8 cm³/mol. The Morgan fingerprint density at radius 3 is 2.40 bits per heavy atom. The molecule has 0 bridgehead atoms. The van der Waals surface area contributed by atoms with Crippen LogP contribution in [0.5, 0.6) is 0 Å². The lowest BCUT2D eigenvalue weighted by Gasteiger charge is -2.43. The molecular weight excluding hydrogens is 124 g/mol. The van der Waals surface area contributed by atoms with Gasteiger partial charge in [0.2, 0.25) is 0 Å². The van der Waals surface area contributed by atoms with Gasteiger partial charge >= 0.3 is 0 Å². The maximum absolute atomic E-state index is 11.0. The molecule has 1 aliphatic carbocycles. The third-order valence-electron chi connectivity index (χ3n) is 2.91. The number of rotatable bonds is 2. The third-order valence-corrected chi connectivity index (χ3v) is 2.91. The Kier molecular flexibility index (Phi) is 1.84. The predicted octanol–water partition coefficient (Wildman–Crippen LogP) is 2.40. The molecule has 0 atom stereocenters. The summed E-state index contributed by atoms with van der Waals surface area (Å²) in [6.45, 7) is 6.00. The molecule has 1 saturated carbocycles. The number of hydrogen-bond acceptors (Lipinski definition) is 1. The van der Waals surface area contributed by atoms with Crippen LogP contribution < -0.4 is 0 Å². The van der Waals surface area contributed by atoms with Crippen molar-refractivity contribution in [3.8, 4) is 0 Å². The Balaban J connectivity index is 2.42. The Hall–Kier alpha value is -0.330. The number of hydrogen-bond donors (Lipinski definition) is 0. The highest BCUT2D eigenvalue weighted by Gasteiger charge is 2.42. The molecule has 0 spiro atoms. The van der Waals surface area contributed by atoms with Gasteiger partial charge in [-0.05, 0) is 25.7 Å². The number of carbonyl (C=O) groups excluding carboxylic acids is 1. The minimum atomic E-state index is 0.0562. The molecule has 10 heavy (non-hydrogen) atoms. The van der Waals surface area contributed by atoms with Crippen molar-refractivity contribution >= 4 is 5.78 Å². The summed E-state index contributed by atoms with van der Waals surface area (Å²) in [5.74, 6) is 1.20. The second-order valence-corrected chi connectivity index (χ2v) is 3.80. The molecule has 1 fully saturated rings. The van der Waals surface area contributed by atoms with Crippen molar-refractivity contribution in [2.75, 3.05) is 0 Å². The molecule has 0 N–H and O–H groups in total.